The number of benzene rings is 1. The van der Waals surface area contributed by atoms with Gasteiger partial charge in [0.25, 0.3) is 5.91 Å². The normalized spacial score (nSPS) is 19.7. The molecule has 0 aliphatic carbocycles. The molecule has 1 heterocycles. The number of carboxylic acid groups (broad SMARTS) is 1. The summed E-state index contributed by atoms with van der Waals surface area (Å²) in [5.41, 5.74) is 4.27. The minimum Gasteiger partial charge on any atom is -0.479 e. The van der Waals surface area contributed by atoms with E-state index in [9.17, 15) is 9.59 Å². The van der Waals surface area contributed by atoms with Gasteiger partial charge in [0.15, 0.2) is 6.10 Å². The fraction of sp³-hybridized carbons (Fsp3) is 0.286. The fourth-order valence-electron chi connectivity index (χ4n) is 1.84. The molecule has 1 aliphatic rings. The summed E-state index contributed by atoms with van der Waals surface area (Å²) < 4.78 is 5.30. The molecule has 1 amide bonds. The number of ether oxygens (including phenoxy) is 1. The molecular weight excluding hydrogens is 296 g/mol. The molecule has 0 fully saturated rings. The molecule has 0 saturated carbocycles. The van der Waals surface area contributed by atoms with Crippen LogP contribution in [0.4, 0.5) is 5.69 Å². The van der Waals surface area contributed by atoms with Crippen molar-refractivity contribution in [2.24, 2.45) is 0 Å². The first-order valence-electron chi connectivity index (χ1n) is 6.31. The van der Waals surface area contributed by atoms with E-state index in [0.29, 0.717) is 10.7 Å². The fourth-order valence-corrected chi connectivity index (χ4v) is 2.01. The standard InChI is InChI=1S/C14H15ClN2O4/c1-8-3-4-10(15)7-11(8)17-13(18)6-5-12(16-17)21-9(2)14(19)20/h3-7,9,12,16H,1-2H3,(H,19,20)/t9-,12-/m0/s1. The SMILES string of the molecule is Cc1ccc(Cl)cc1N1N[C@@H](O[C@@H](C)C(=O)O)C=CC1=O. The molecule has 1 aliphatic heterocycles. The quantitative estimate of drug-likeness (QED) is 0.887. The Hall–Kier alpha value is -1.89. The number of carbonyl (C=O) groups is 2. The third-order valence-electron chi connectivity index (χ3n) is 3.00. The summed E-state index contributed by atoms with van der Waals surface area (Å²) in [5, 5.41) is 10.6. The van der Waals surface area contributed by atoms with E-state index in [-0.39, 0.29) is 5.91 Å². The van der Waals surface area contributed by atoms with E-state index in [4.69, 9.17) is 21.4 Å². The van der Waals surface area contributed by atoms with Gasteiger partial charge in [-0.05, 0) is 37.6 Å². The van der Waals surface area contributed by atoms with Crippen LogP contribution in [0, 0.1) is 6.92 Å². The first-order chi connectivity index (χ1) is 9.88. The number of anilines is 1. The Balaban J connectivity index is 2.21. The predicted molar refractivity (Wildman–Crippen MR) is 77.9 cm³/mol. The second-order valence-corrected chi connectivity index (χ2v) is 5.07. The van der Waals surface area contributed by atoms with Crippen molar-refractivity contribution < 1.29 is 19.4 Å². The van der Waals surface area contributed by atoms with Gasteiger partial charge in [0.1, 0.15) is 6.23 Å². The first-order valence-corrected chi connectivity index (χ1v) is 6.69. The van der Waals surface area contributed by atoms with Crippen LogP contribution < -0.4 is 10.4 Å². The molecule has 21 heavy (non-hydrogen) atoms. The lowest BCUT2D eigenvalue weighted by Crippen LogP contribution is -2.52. The Morgan fingerprint density at radius 2 is 2.24 bits per heavy atom. The molecule has 6 nitrogen and oxygen atoms in total. The van der Waals surface area contributed by atoms with Crippen LogP contribution in [0.25, 0.3) is 0 Å². The number of hydrogen-bond donors (Lipinski definition) is 2. The molecular formula is C14H15ClN2O4. The average Bonchev–Trinajstić information content (AvgIpc) is 2.43. The molecule has 112 valence electrons. The summed E-state index contributed by atoms with van der Waals surface area (Å²) in [4.78, 5) is 22.8. The highest BCUT2D eigenvalue weighted by molar-refractivity contribution is 6.31. The number of halogens is 1. The van der Waals surface area contributed by atoms with Gasteiger partial charge in [0.2, 0.25) is 0 Å². The zero-order chi connectivity index (χ0) is 15.6. The number of aryl methyl sites for hydroxylation is 1. The van der Waals surface area contributed by atoms with Gasteiger partial charge in [-0.15, -0.1) is 0 Å². The third-order valence-corrected chi connectivity index (χ3v) is 3.24. The minimum absolute atomic E-state index is 0.289. The molecule has 0 bridgehead atoms. The summed E-state index contributed by atoms with van der Waals surface area (Å²) in [7, 11) is 0. The number of rotatable bonds is 4. The van der Waals surface area contributed by atoms with Crippen molar-refractivity contribution in [1.29, 1.82) is 0 Å². The maximum absolute atomic E-state index is 12.0. The van der Waals surface area contributed by atoms with Gasteiger partial charge >= 0.3 is 5.97 Å². The first kappa shape index (κ1) is 15.5. The van der Waals surface area contributed by atoms with Crippen molar-refractivity contribution in [2.45, 2.75) is 26.2 Å². The van der Waals surface area contributed by atoms with E-state index in [1.807, 2.05) is 6.92 Å². The summed E-state index contributed by atoms with van der Waals surface area (Å²) in [6.07, 6.45) is 1.09. The van der Waals surface area contributed by atoms with E-state index in [1.54, 1.807) is 18.2 Å². The van der Waals surface area contributed by atoms with Crippen molar-refractivity contribution >= 4 is 29.2 Å². The van der Waals surface area contributed by atoms with Crippen LogP contribution in [-0.4, -0.2) is 29.3 Å². The van der Waals surface area contributed by atoms with E-state index in [1.165, 1.54) is 24.1 Å². The molecule has 7 heteroatoms. The van der Waals surface area contributed by atoms with Crippen LogP contribution in [0.15, 0.2) is 30.4 Å². The van der Waals surface area contributed by atoms with E-state index in [2.05, 4.69) is 5.43 Å². The van der Waals surface area contributed by atoms with Crippen LogP contribution in [0.1, 0.15) is 12.5 Å². The molecule has 0 unspecified atom stereocenters. The van der Waals surface area contributed by atoms with Gasteiger partial charge in [-0.3, -0.25) is 4.79 Å². The summed E-state index contributed by atoms with van der Waals surface area (Å²) in [6, 6.07) is 5.17. The average molecular weight is 311 g/mol. The maximum atomic E-state index is 12.0. The molecule has 2 atom stereocenters. The van der Waals surface area contributed by atoms with Crippen molar-refractivity contribution in [3.8, 4) is 0 Å². The van der Waals surface area contributed by atoms with Gasteiger partial charge in [-0.2, -0.15) is 5.43 Å². The number of aliphatic carboxylic acids is 1. The monoisotopic (exact) mass is 310 g/mol. The highest BCUT2D eigenvalue weighted by atomic mass is 35.5. The topological polar surface area (TPSA) is 78.9 Å². The number of nitrogens with zero attached hydrogens (tertiary/aromatic N) is 1. The Kier molecular flexibility index (Phi) is 4.62. The lowest BCUT2D eigenvalue weighted by molar-refractivity contribution is -0.152. The van der Waals surface area contributed by atoms with Gasteiger partial charge in [-0.1, -0.05) is 17.7 Å². The smallest absolute Gasteiger partial charge is 0.332 e. The van der Waals surface area contributed by atoms with Crippen LogP contribution in [-0.2, 0) is 14.3 Å². The number of hydrazine groups is 1. The van der Waals surface area contributed by atoms with E-state index >= 15 is 0 Å². The zero-order valence-corrected chi connectivity index (χ0v) is 12.3. The van der Waals surface area contributed by atoms with Crippen LogP contribution in [0.2, 0.25) is 5.02 Å². The largest absolute Gasteiger partial charge is 0.479 e. The van der Waals surface area contributed by atoms with E-state index < -0.39 is 18.3 Å². The van der Waals surface area contributed by atoms with Crippen molar-refractivity contribution in [1.82, 2.24) is 5.43 Å². The lowest BCUT2D eigenvalue weighted by atomic mass is 10.2. The van der Waals surface area contributed by atoms with Crippen LogP contribution >= 0.6 is 11.6 Å². The number of carboxylic acids is 1. The Morgan fingerprint density at radius 1 is 1.52 bits per heavy atom. The predicted octanol–water partition coefficient (Wildman–Crippen LogP) is 1.87. The molecule has 0 aromatic heterocycles. The molecule has 1 aromatic carbocycles. The number of hydrogen-bond acceptors (Lipinski definition) is 4. The lowest BCUT2D eigenvalue weighted by Gasteiger charge is -2.31. The molecule has 0 saturated heterocycles. The van der Waals surface area contributed by atoms with Crippen molar-refractivity contribution in [3.05, 3.63) is 40.9 Å². The highest BCUT2D eigenvalue weighted by Gasteiger charge is 2.26. The summed E-state index contributed by atoms with van der Waals surface area (Å²) in [5.74, 6) is -1.37. The van der Waals surface area contributed by atoms with Crippen molar-refractivity contribution in [3.63, 3.8) is 0 Å². The number of carbonyl (C=O) groups excluding carboxylic acids is 1. The molecule has 0 spiro atoms. The summed E-state index contributed by atoms with van der Waals surface area (Å²) >= 11 is 5.95. The molecule has 2 N–H and O–H groups in total. The highest BCUT2D eigenvalue weighted by Crippen LogP contribution is 2.25. The molecule has 0 radical (unpaired) electrons. The van der Waals surface area contributed by atoms with Gasteiger partial charge < -0.3 is 9.84 Å². The van der Waals surface area contributed by atoms with Crippen molar-refractivity contribution in [2.75, 3.05) is 5.01 Å². The molecule has 1 aromatic rings. The number of amides is 1. The minimum atomic E-state index is -1.08. The third kappa shape index (κ3) is 3.60. The van der Waals surface area contributed by atoms with Gasteiger partial charge in [0.05, 0.1) is 5.69 Å². The second-order valence-electron chi connectivity index (χ2n) is 4.63. The summed E-state index contributed by atoms with van der Waals surface area (Å²) in [6.45, 7) is 3.26. The Labute approximate surface area is 126 Å². The van der Waals surface area contributed by atoms with E-state index in [0.717, 1.165) is 5.56 Å². The molecule has 2 rings (SSSR count). The number of nitrogens with one attached hydrogen (secondary N) is 1. The Morgan fingerprint density at radius 3 is 2.90 bits per heavy atom. The maximum Gasteiger partial charge on any atom is 0.332 e. The Bertz CT molecular complexity index is 603. The van der Waals surface area contributed by atoms with Crippen LogP contribution in [0.5, 0.6) is 0 Å². The second kappa shape index (κ2) is 6.26. The zero-order valence-electron chi connectivity index (χ0n) is 11.5. The van der Waals surface area contributed by atoms with Gasteiger partial charge in [-0.25, -0.2) is 9.80 Å². The van der Waals surface area contributed by atoms with Gasteiger partial charge in [0, 0.05) is 11.1 Å². The van der Waals surface area contributed by atoms with Crippen LogP contribution in [0.3, 0.4) is 0 Å².